The average Bonchev–Trinajstić information content (AvgIpc) is 2.77. The Balaban J connectivity index is 1.71. The topological polar surface area (TPSA) is 0 Å². The third kappa shape index (κ3) is 2.45. The quantitative estimate of drug-likeness (QED) is 0.755. The second-order valence-electron chi connectivity index (χ2n) is 3.39. The van der Waals surface area contributed by atoms with E-state index >= 15 is 0 Å². The van der Waals surface area contributed by atoms with Crippen LogP contribution in [0.3, 0.4) is 0 Å². The highest BCUT2D eigenvalue weighted by Crippen LogP contribution is 2.47. The van der Waals surface area contributed by atoms with Crippen LogP contribution in [0.4, 0.5) is 0 Å². The minimum Gasteiger partial charge on any atom is -0.150 e. The Morgan fingerprint density at radius 1 is 1.06 bits per heavy atom. The van der Waals surface area contributed by atoms with Crippen LogP contribution < -0.4 is 0 Å². The maximum absolute atomic E-state index is 2.27. The minimum atomic E-state index is 0.648. The van der Waals surface area contributed by atoms with Gasteiger partial charge in [0.25, 0.3) is 0 Å². The molecule has 82 valence electrons. The molecule has 0 nitrogen and oxygen atoms in total. The lowest BCUT2D eigenvalue weighted by atomic mass is 10.4. The molecule has 0 aliphatic carbocycles. The first-order valence-electron chi connectivity index (χ1n) is 4.99. The zero-order chi connectivity index (χ0) is 10.8. The SMILES string of the molecule is c1ccc(SC2CSc3cscc3S2)cc1. The zero-order valence-electron chi connectivity index (χ0n) is 8.46. The first-order chi connectivity index (χ1) is 7.92. The van der Waals surface area contributed by atoms with Crippen molar-refractivity contribution >= 4 is 46.6 Å². The molecule has 0 bridgehead atoms. The molecule has 3 rings (SSSR count). The molecule has 1 aromatic heterocycles. The molecule has 0 saturated carbocycles. The number of hydrogen-bond acceptors (Lipinski definition) is 4. The second kappa shape index (κ2) is 5.08. The molecular formula is C12H10S4. The van der Waals surface area contributed by atoms with E-state index in [1.807, 2.05) is 46.6 Å². The summed E-state index contributed by atoms with van der Waals surface area (Å²) in [6.07, 6.45) is 0. The Labute approximate surface area is 112 Å². The summed E-state index contributed by atoms with van der Waals surface area (Å²) in [6.45, 7) is 0. The van der Waals surface area contributed by atoms with Crippen LogP contribution in [-0.4, -0.2) is 10.3 Å². The third-order valence-electron chi connectivity index (χ3n) is 2.24. The summed E-state index contributed by atoms with van der Waals surface area (Å²) < 4.78 is 0.648. The van der Waals surface area contributed by atoms with E-state index in [9.17, 15) is 0 Å². The van der Waals surface area contributed by atoms with E-state index < -0.39 is 0 Å². The van der Waals surface area contributed by atoms with E-state index in [4.69, 9.17) is 0 Å². The molecule has 1 aliphatic heterocycles. The number of hydrogen-bond donors (Lipinski definition) is 0. The van der Waals surface area contributed by atoms with Crippen molar-refractivity contribution in [3.05, 3.63) is 41.1 Å². The molecule has 0 spiro atoms. The normalized spacial score (nSPS) is 19.4. The van der Waals surface area contributed by atoms with Gasteiger partial charge in [0.05, 0.1) is 4.58 Å². The van der Waals surface area contributed by atoms with E-state index in [2.05, 4.69) is 41.1 Å². The number of thioether (sulfide) groups is 3. The van der Waals surface area contributed by atoms with Gasteiger partial charge in [0.1, 0.15) is 0 Å². The standard InChI is InChI=1S/C12H10S4/c1-2-4-9(5-3-1)15-12-8-14-10-6-13-7-11(10)16-12/h1-7,12H,8H2. The third-order valence-corrected chi connectivity index (χ3v) is 7.55. The second-order valence-corrected chi connectivity index (χ2v) is 8.01. The first kappa shape index (κ1) is 11.1. The molecule has 2 aromatic rings. The van der Waals surface area contributed by atoms with Crippen molar-refractivity contribution in [3.8, 4) is 0 Å². The van der Waals surface area contributed by atoms with Crippen LogP contribution in [0.5, 0.6) is 0 Å². The van der Waals surface area contributed by atoms with Gasteiger partial charge in [-0.25, -0.2) is 0 Å². The van der Waals surface area contributed by atoms with Crippen LogP contribution >= 0.6 is 46.6 Å². The van der Waals surface area contributed by atoms with Gasteiger partial charge in [-0.2, -0.15) is 11.3 Å². The molecule has 4 heteroatoms. The Hall–Kier alpha value is -0.0300. The van der Waals surface area contributed by atoms with E-state index in [1.54, 1.807) is 0 Å². The summed E-state index contributed by atoms with van der Waals surface area (Å²) >= 11 is 7.79. The van der Waals surface area contributed by atoms with Gasteiger partial charge in [-0.05, 0) is 12.1 Å². The Morgan fingerprint density at radius 3 is 2.75 bits per heavy atom. The van der Waals surface area contributed by atoms with Crippen molar-refractivity contribution in [3.63, 3.8) is 0 Å². The molecule has 1 aromatic carbocycles. The van der Waals surface area contributed by atoms with E-state index in [-0.39, 0.29) is 0 Å². The Bertz CT molecular complexity index is 463. The zero-order valence-corrected chi connectivity index (χ0v) is 11.7. The Morgan fingerprint density at radius 2 is 1.88 bits per heavy atom. The van der Waals surface area contributed by atoms with Crippen LogP contribution in [0, 0.1) is 0 Å². The van der Waals surface area contributed by atoms with Gasteiger partial charge in [-0.1, -0.05) is 18.2 Å². The molecule has 1 aliphatic rings. The number of rotatable bonds is 2. The van der Waals surface area contributed by atoms with Gasteiger partial charge < -0.3 is 0 Å². The van der Waals surface area contributed by atoms with E-state index in [1.165, 1.54) is 20.4 Å². The van der Waals surface area contributed by atoms with Crippen molar-refractivity contribution in [2.45, 2.75) is 19.3 Å². The van der Waals surface area contributed by atoms with Gasteiger partial charge in [-0.15, -0.1) is 35.3 Å². The summed E-state index contributed by atoms with van der Waals surface area (Å²) in [5.74, 6) is 1.20. The predicted molar refractivity (Wildman–Crippen MR) is 77.0 cm³/mol. The molecule has 1 unspecified atom stereocenters. The molecule has 0 fully saturated rings. The van der Waals surface area contributed by atoms with Crippen LogP contribution in [0.25, 0.3) is 0 Å². The van der Waals surface area contributed by atoms with Crippen LogP contribution in [0.1, 0.15) is 0 Å². The smallest absolute Gasteiger partial charge is 0.0691 e. The Kier molecular flexibility index (Phi) is 3.52. The highest BCUT2D eigenvalue weighted by molar-refractivity contribution is 8.19. The van der Waals surface area contributed by atoms with Gasteiger partial charge in [0.2, 0.25) is 0 Å². The minimum absolute atomic E-state index is 0.648. The lowest BCUT2D eigenvalue weighted by molar-refractivity contribution is 1.26. The summed E-state index contributed by atoms with van der Waals surface area (Å²) in [7, 11) is 0. The summed E-state index contributed by atoms with van der Waals surface area (Å²) in [4.78, 5) is 4.31. The maximum Gasteiger partial charge on any atom is 0.0691 e. The molecule has 1 atom stereocenters. The molecule has 16 heavy (non-hydrogen) atoms. The fraction of sp³-hybridized carbons (Fsp3) is 0.167. The molecule has 0 N–H and O–H groups in total. The largest absolute Gasteiger partial charge is 0.150 e. The van der Waals surface area contributed by atoms with E-state index in [0.717, 1.165) is 0 Å². The summed E-state index contributed by atoms with van der Waals surface area (Å²) in [5, 5.41) is 4.53. The molecule has 0 amide bonds. The number of benzene rings is 1. The van der Waals surface area contributed by atoms with E-state index in [0.29, 0.717) is 4.58 Å². The van der Waals surface area contributed by atoms with Crippen molar-refractivity contribution < 1.29 is 0 Å². The summed E-state index contributed by atoms with van der Waals surface area (Å²) in [5.41, 5.74) is 0. The highest BCUT2D eigenvalue weighted by Gasteiger charge is 2.21. The lowest BCUT2D eigenvalue weighted by Crippen LogP contribution is -2.04. The average molecular weight is 282 g/mol. The molecule has 2 heterocycles. The van der Waals surface area contributed by atoms with Gasteiger partial charge >= 0.3 is 0 Å². The van der Waals surface area contributed by atoms with Gasteiger partial charge in [0, 0.05) is 31.2 Å². The van der Waals surface area contributed by atoms with Crippen molar-refractivity contribution in [2.75, 3.05) is 5.75 Å². The predicted octanol–water partition coefficient (Wildman–Crippen LogP) is 5.06. The van der Waals surface area contributed by atoms with Crippen molar-refractivity contribution in [1.82, 2.24) is 0 Å². The maximum atomic E-state index is 2.27. The van der Waals surface area contributed by atoms with Gasteiger partial charge in [-0.3, -0.25) is 0 Å². The first-order valence-corrected chi connectivity index (χ1v) is 8.68. The molecule has 0 saturated heterocycles. The monoisotopic (exact) mass is 282 g/mol. The molecular weight excluding hydrogens is 272 g/mol. The van der Waals surface area contributed by atoms with Crippen molar-refractivity contribution in [1.29, 1.82) is 0 Å². The lowest BCUT2D eigenvalue weighted by Gasteiger charge is -2.20. The fourth-order valence-electron chi connectivity index (χ4n) is 1.51. The van der Waals surface area contributed by atoms with Crippen LogP contribution in [-0.2, 0) is 0 Å². The highest BCUT2D eigenvalue weighted by atomic mass is 32.2. The fourth-order valence-corrected chi connectivity index (χ4v) is 6.76. The molecule has 0 radical (unpaired) electrons. The van der Waals surface area contributed by atoms with Crippen molar-refractivity contribution in [2.24, 2.45) is 0 Å². The van der Waals surface area contributed by atoms with Crippen LogP contribution in [0.2, 0.25) is 0 Å². The van der Waals surface area contributed by atoms with Crippen LogP contribution in [0.15, 0.2) is 55.8 Å². The number of thiophene rings is 1. The summed E-state index contributed by atoms with van der Waals surface area (Å²) in [6, 6.07) is 10.7. The number of fused-ring (bicyclic) bond motifs is 1. The van der Waals surface area contributed by atoms with Gasteiger partial charge in [0.15, 0.2) is 0 Å².